The van der Waals surface area contributed by atoms with Crippen molar-refractivity contribution in [2.24, 2.45) is 16.6 Å². The normalized spacial score (nSPS) is 26.4. The van der Waals surface area contributed by atoms with Gasteiger partial charge in [-0.15, -0.1) is 0 Å². The molecule has 14 heavy (non-hydrogen) atoms. The predicted molar refractivity (Wildman–Crippen MR) is 62.3 cm³/mol. The lowest BCUT2D eigenvalue weighted by Crippen LogP contribution is -2.45. The molecule has 3 N–H and O–H groups in total. The van der Waals surface area contributed by atoms with Crippen molar-refractivity contribution in [1.29, 1.82) is 0 Å². The van der Waals surface area contributed by atoms with Crippen LogP contribution in [0.5, 0.6) is 0 Å². The van der Waals surface area contributed by atoms with Crippen LogP contribution in [-0.4, -0.2) is 19.1 Å². The van der Waals surface area contributed by atoms with Crippen molar-refractivity contribution in [3.63, 3.8) is 0 Å². The van der Waals surface area contributed by atoms with Gasteiger partial charge in [-0.05, 0) is 30.1 Å². The summed E-state index contributed by atoms with van der Waals surface area (Å²) in [6, 6.07) is 0.664. The largest absolute Gasteiger partial charge is 0.329 e. The highest BCUT2D eigenvalue weighted by molar-refractivity contribution is 4.92. The lowest BCUT2D eigenvalue weighted by Gasteiger charge is -2.45. The third kappa shape index (κ3) is 3.58. The first-order valence-corrected chi connectivity index (χ1v) is 5.78. The van der Waals surface area contributed by atoms with Gasteiger partial charge in [-0.2, -0.15) is 0 Å². The first-order chi connectivity index (χ1) is 6.35. The van der Waals surface area contributed by atoms with E-state index in [9.17, 15) is 0 Å². The first kappa shape index (κ1) is 12.0. The summed E-state index contributed by atoms with van der Waals surface area (Å²) in [6.45, 7) is 11.2. The maximum absolute atomic E-state index is 5.52. The quantitative estimate of drug-likeness (QED) is 0.729. The molecule has 1 aliphatic carbocycles. The summed E-state index contributed by atoms with van der Waals surface area (Å²) < 4.78 is 0. The number of rotatable bonds is 3. The molecule has 0 saturated heterocycles. The molecule has 1 rings (SSSR count). The number of nitrogens with two attached hydrogens (primary N) is 1. The molecule has 0 atom stereocenters. The molecule has 0 aromatic heterocycles. The average molecular weight is 198 g/mol. The fraction of sp³-hybridized carbons (Fsp3) is 1.00. The second kappa shape index (κ2) is 4.19. The minimum atomic E-state index is 0.480. The molecule has 2 heteroatoms. The summed E-state index contributed by atoms with van der Waals surface area (Å²) in [5.41, 5.74) is 6.48. The zero-order valence-corrected chi connectivity index (χ0v) is 10.2. The summed E-state index contributed by atoms with van der Waals surface area (Å²) >= 11 is 0. The molecule has 2 nitrogen and oxygen atoms in total. The van der Waals surface area contributed by atoms with E-state index in [0.29, 0.717) is 16.9 Å². The van der Waals surface area contributed by atoms with Crippen LogP contribution < -0.4 is 11.1 Å². The molecule has 84 valence electrons. The minimum Gasteiger partial charge on any atom is -0.329 e. The zero-order chi connectivity index (χ0) is 10.8. The fourth-order valence-corrected chi connectivity index (χ4v) is 3.28. The molecule has 0 heterocycles. The topological polar surface area (TPSA) is 38.0 Å². The summed E-state index contributed by atoms with van der Waals surface area (Å²) in [4.78, 5) is 0. The van der Waals surface area contributed by atoms with Gasteiger partial charge < -0.3 is 11.1 Å². The van der Waals surface area contributed by atoms with Crippen LogP contribution >= 0.6 is 0 Å². The van der Waals surface area contributed by atoms with Crippen molar-refractivity contribution < 1.29 is 0 Å². The molecule has 1 fully saturated rings. The molecule has 0 spiro atoms. The van der Waals surface area contributed by atoms with Crippen molar-refractivity contribution >= 4 is 0 Å². The molecular weight excluding hydrogens is 172 g/mol. The van der Waals surface area contributed by atoms with Crippen LogP contribution in [0.3, 0.4) is 0 Å². The van der Waals surface area contributed by atoms with E-state index in [1.807, 2.05) is 0 Å². The van der Waals surface area contributed by atoms with E-state index in [1.165, 1.54) is 19.3 Å². The van der Waals surface area contributed by atoms with Crippen LogP contribution in [0.25, 0.3) is 0 Å². The highest BCUT2D eigenvalue weighted by Crippen LogP contribution is 2.45. The average Bonchev–Trinajstić information content (AvgIpc) is 1.94. The maximum Gasteiger partial charge on any atom is 0.00777 e. The van der Waals surface area contributed by atoms with Crippen LogP contribution in [0.1, 0.15) is 47.0 Å². The molecule has 0 unspecified atom stereocenters. The molecule has 1 aliphatic rings. The van der Waals surface area contributed by atoms with E-state index in [2.05, 4.69) is 33.0 Å². The molecule has 0 aliphatic heterocycles. The molecule has 0 aromatic rings. The van der Waals surface area contributed by atoms with Crippen LogP contribution in [-0.2, 0) is 0 Å². The Balaban J connectivity index is 2.53. The van der Waals surface area contributed by atoms with Gasteiger partial charge in [-0.25, -0.2) is 0 Å². The molecule has 0 aromatic carbocycles. The summed E-state index contributed by atoms with van der Waals surface area (Å²) in [7, 11) is 0. The van der Waals surface area contributed by atoms with Gasteiger partial charge in [0.1, 0.15) is 0 Å². The van der Waals surface area contributed by atoms with E-state index < -0.39 is 0 Å². The highest BCUT2D eigenvalue weighted by atomic mass is 14.9. The molecule has 0 amide bonds. The van der Waals surface area contributed by atoms with E-state index in [1.54, 1.807) is 0 Å². The van der Waals surface area contributed by atoms with Gasteiger partial charge in [-0.3, -0.25) is 0 Å². The van der Waals surface area contributed by atoms with Gasteiger partial charge in [0, 0.05) is 19.1 Å². The standard InChI is InChI=1S/C12H26N2/c1-11(2)7-10(14-6-5-13)8-12(3,4)9-11/h10,14H,5-9,13H2,1-4H3. The monoisotopic (exact) mass is 198 g/mol. The Morgan fingerprint density at radius 3 is 2.07 bits per heavy atom. The Morgan fingerprint density at radius 2 is 1.64 bits per heavy atom. The summed E-state index contributed by atoms with van der Waals surface area (Å²) in [5.74, 6) is 0. The van der Waals surface area contributed by atoms with Gasteiger partial charge in [0.25, 0.3) is 0 Å². The second-order valence-electron chi connectivity index (χ2n) is 6.35. The zero-order valence-electron chi connectivity index (χ0n) is 10.2. The van der Waals surface area contributed by atoms with Crippen molar-refractivity contribution in [3.05, 3.63) is 0 Å². The molecule has 1 saturated carbocycles. The van der Waals surface area contributed by atoms with Crippen molar-refractivity contribution in [2.75, 3.05) is 13.1 Å². The van der Waals surface area contributed by atoms with Gasteiger partial charge >= 0.3 is 0 Å². The summed E-state index contributed by atoms with van der Waals surface area (Å²) in [6.07, 6.45) is 3.91. The predicted octanol–water partition coefficient (Wildman–Crippen LogP) is 2.14. The Morgan fingerprint density at radius 1 is 1.14 bits per heavy atom. The lowest BCUT2D eigenvalue weighted by atomic mass is 9.63. The van der Waals surface area contributed by atoms with Crippen molar-refractivity contribution in [2.45, 2.75) is 53.0 Å². The van der Waals surface area contributed by atoms with Gasteiger partial charge in [0.05, 0.1) is 0 Å². The van der Waals surface area contributed by atoms with Crippen molar-refractivity contribution in [3.8, 4) is 0 Å². The lowest BCUT2D eigenvalue weighted by molar-refractivity contribution is 0.0856. The Labute approximate surface area is 88.6 Å². The van der Waals surface area contributed by atoms with E-state index in [0.717, 1.165) is 13.1 Å². The molecular formula is C12H26N2. The minimum absolute atomic E-state index is 0.480. The highest BCUT2D eigenvalue weighted by Gasteiger charge is 2.37. The maximum atomic E-state index is 5.52. The number of nitrogens with one attached hydrogen (secondary N) is 1. The van der Waals surface area contributed by atoms with E-state index in [-0.39, 0.29) is 0 Å². The second-order valence-corrected chi connectivity index (χ2v) is 6.35. The van der Waals surface area contributed by atoms with Crippen LogP contribution in [0.15, 0.2) is 0 Å². The van der Waals surface area contributed by atoms with Crippen molar-refractivity contribution in [1.82, 2.24) is 5.32 Å². The Hall–Kier alpha value is -0.0800. The van der Waals surface area contributed by atoms with Crippen LogP contribution in [0.4, 0.5) is 0 Å². The third-order valence-electron chi connectivity index (χ3n) is 3.13. The SMILES string of the molecule is CC1(C)CC(NCCN)CC(C)(C)C1. The molecule has 0 bridgehead atoms. The van der Waals surface area contributed by atoms with Crippen LogP contribution in [0.2, 0.25) is 0 Å². The Kier molecular flexibility index (Phi) is 3.59. The first-order valence-electron chi connectivity index (χ1n) is 5.78. The van der Waals surface area contributed by atoms with Gasteiger partial charge in [0.15, 0.2) is 0 Å². The van der Waals surface area contributed by atoms with E-state index in [4.69, 9.17) is 5.73 Å². The number of hydrogen-bond donors (Lipinski definition) is 2. The smallest absolute Gasteiger partial charge is 0.00777 e. The van der Waals surface area contributed by atoms with Gasteiger partial charge in [0.2, 0.25) is 0 Å². The van der Waals surface area contributed by atoms with Crippen LogP contribution in [0, 0.1) is 10.8 Å². The van der Waals surface area contributed by atoms with E-state index >= 15 is 0 Å². The van der Waals surface area contributed by atoms with Gasteiger partial charge in [-0.1, -0.05) is 27.7 Å². The third-order valence-corrected chi connectivity index (χ3v) is 3.13. The number of hydrogen-bond acceptors (Lipinski definition) is 2. The molecule has 0 radical (unpaired) electrons. The fourth-order valence-electron chi connectivity index (χ4n) is 3.28. The Bertz CT molecular complexity index is 169. The summed E-state index contributed by atoms with van der Waals surface area (Å²) in [5, 5.41) is 3.56.